The Hall–Kier alpha value is -3.19. The molecule has 2 heterocycles. The lowest BCUT2D eigenvalue weighted by Gasteiger charge is -2.35. The van der Waals surface area contributed by atoms with Gasteiger partial charge in [-0.05, 0) is 37.1 Å². The van der Waals surface area contributed by atoms with Crippen molar-refractivity contribution in [3.63, 3.8) is 0 Å². The summed E-state index contributed by atoms with van der Waals surface area (Å²) in [6, 6.07) is 17.1. The van der Waals surface area contributed by atoms with Crippen LogP contribution in [0.5, 0.6) is 0 Å². The predicted molar refractivity (Wildman–Crippen MR) is 121 cm³/mol. The van der Waals surface area contributed by atoms with E-state index in [0.29, 0.717) is 37.3 Å². The molecule has 1 unspecified atom stereocenters. The van der Waals surface area contributed by atoms with Gasteiger partial charge in [0.15, 0.2) is 6.10 Å². The van der Waals surface area contributed by atoms with Crippen LogP contribution in [-0.4, -0.2) is 66.4 Å². The number of carbonyl (C=O) groups is 3. The number of benzene rings is 2. The van der Waals surface area contributed by atoms with E-state index in [0.717, 1.165) is 26.1 Å². The Labute approximate surface area is 188 Å². The molecule has 7 heteroatoms. The van der Waals surface area contributed by atoms with Gasteiger partial charge >= 0.3 is 5.97 Å². The Kier molecular flexibility index (Phi) is 6.85. The van der Waals surface area contributed by atoms with Crippen LogP contribution in [0.25, 0.3) is 0 Å². The highest BCUT2D eigenvalue weighted by Gasteiger charge is 2.28. The lowest BCUT2D eigenvalue weighted by atomic mass is 10.2. The van der Waals surface area contributed by atoms with Crippen molar-refractivity contribution in [2.75, 3.05) is 37.6 Å². The van der Waals surface area contributed by atoms with Gasteiger partial charge in [-0.3, -0.25) is 14.5 Å². The third-order valence-electron chi connectivity index (χ3n) is 6.03. The smallest absolute Gasteiger partial charge is 0.338 e. The zero-order valence-electron chi connectivity index (χ0n) is 18.4. The fraction of sp³-hybridized carbons (Fsp3) is 0.400. The first-order valence-electron chi connectivity index (χ1n) is 11.2. The largest absolute Gasteiger partial charge is 0.449 e. The molecular formula is C25H29N3O4. The number of amides is 2. The van der Waals surface area contributed by atoms with Crippen LogP contribution in [0.3, 0.4) is 0 Å². The van der Waals surface area contributed by atoms with Crippen molar-refractivity contribution in [1.82, 2.24) is 9.80 Å². The maximum absolute atomic E-state index is 12.8. The third-order valence-corrected chi connectivity index (χ3v) is 6.03. The molecule has 0 spiro atoms. The van der Waals surface area contributed by atoms with Gasteiger partial charge in [-0.1, -0.05) is 36.4 Å². The molecule has 1 atom stereocenters. The molecule has 0 aliphatic carbocycles. The summed E-state index contributed by atoms with van der Waals surface area (Å²) in [6.45, 7) is 5.93. The van der Waals surface area contributed by atoms with Crippen LogP contribution >= 0.6 is 0 Å². The number of hydrogen-bond donors (Lipinski definition) is 0. The second kappa shape index (κ2) is 9.96. The topological polar surface area (TPSA) is 70.2 Å². The number of piperazine rings is 1. The van der Waals surface area contributed by atoms with Crippen molar-refractivity contribution in [3.05, 3.63) is 65.7 Å². The van der Waals surface area contributed by atoms with Gasteiger partial charge in [-0.25, -0.2) is 4.79 Å². The van der Waals surface area contributed by atoms with E-state index in [-0.39, 0.29) is 11.8 Å². The molecule has 2 aromatic rings. The summed E-state index contributed by atoms with van der Waals surface area (Å²) in [5.41, 5.74) is 2.29. The average molecular weight is 436 g/mol. The SMILES string of the molecule is CC(OC(=O)c1cccc(N2CCCC2=O)c1)C(=O)N1CCN(Cc2ccccc2)CC1. The minimum Gasteiger partial charge on any atom is -0.449 e. The van der Waals surface area contributed by atoms with Crippen molar-refractivity contribution in [2.24, 2.45) is 0 Å². The molecule has 2 aliphatic rings. The number of carbonyl (C=O) groups excluding carboxylic acids is 3. The number of nitrogens with zero attached hydrogens (tertiary/aromatic N) is 3. The van der Waals surface area contributed by atoms with Gasteiger partial charge in [0.2, 0.25) is 5.91 Å². The normalized spacial score (nSPS) is 18.0. The summed E-state index contributed by atoms with van der Waals surface area (Å²) in [5.74, 6) is -0.670. The molecule has 2 aliphatic heterocycles. The van der Waals surface area contributed by atoms with Crippen molar-refractivity contribution >= 4 is 23.5 Å². The molecule has 2 saturated heterocycles. The predicted octanol–water partition coefficient (Wildman–Crippen LogP) is 2.70. The van der Waals surface area contributed by atoms with Gasteiger partial charge in [0.05, 0.1) is 5.56 Å². The van der Waals surface area contributed by atoms with Crippen molar-refractivity contribution in [3.8, 4) is 0 Å². The minimum absolute atomic E-state index is 0.0606. The van der Waals surface area contributed by atoms with E-state index >= 15 is 0 Å². The van der Waals surface area contributed by atoms with E-state index < -0.39 is 12.1 Å². The monoisotopic (exact) mass is 435 g/mol. The Morgan fingerprint density at radius 2 is 1.72 bits per heavy atom. The highest BCUT2D eigenvalue weighted by molar-refractivity contribution is 5.98. The van der Waals surface area contributed by atoms with Gasteiger partial charge in [0, 0.05) is 51.4 Å². The molecule has 168 valence electrons. The van der Waals surface area contributed by atoms with Gasteiger partial charge in [0.1, 0.15) is 0 Å². The lowest BCUT2D eigenvalue weighted by molar-refractivity contribution is -0.141. The molecule has 0 radical (unpaired) electrons. The first-order chi connectivity index (χ1) is 15.5. The Morgan fingerprint density at radius 1 is 0.969 bits per heavy atom. The molecule has 0 N–H and O–H groups in total. The van der Waals surface area contributed by atoms with Crippen LogP contribution in [0.4, 0.5) is 5.69 Å². The second-order valence-corrected chi connectivity index (χ2v) is 8.33. The van der Waals surface area contributed by atoms with Crippen molar-refractivity contribution in [1.29, 1.82) is 0 Å². The second-order valence-electron chi connectivity index (χ2n) is 8.33. The number of esters is 1. The first-order valence-corrected chi connectivity index (χ1v) is 11.2. The summed E-state index contributed by atoms with van der Waals surface area (Å²) in [7, 11) is 0. The van der Waals surface area contributed by atoms with Crippen LogP contribution in [0, 0.1) is 0 Å². The van der Waals surface area contributed by atoms with Crippen LogP contribution in [0.15, 0.2) is 54.6 Å². The van der Waals surface area contributed by atoms with Crippen LogP contribution in [0.1, 0.15) is 35.7 Å². The summed E-state index contributed by atoms with van der Waals surface area (Å²) in [5, 5.41) is 0. The zero-order valence-corrected chi connectivity index (χ0v) is 18.4. The van der Waals surface area contributed by atoms with E-state index in [1.54, 1.807) is 34.9 Å². The quantitative estimate of drug-likeness (QED) is 0.653. The highest BCUT2D eigenvalue weighted by Crippen LogP contribution is 2.23. The van der Waals surface area contributed by atoms with E-state index in [4.69, 9.17) is 4.74 Å². The number of hydrogen-bond acceptors (Lipinski definition) is 5. The summed E-state index contributed by atoms with van der Waals surface area (Å²) >= 11 is 0. The van der Waals surface area contributed by atoms with Gasteiger partial charge in [-0.15, -0.1) is 0 Å². The number of ether oxygens (including phenoxy) is 1. The third kappa shape index (κ3) is 5.16. The molecule has 2 fully saturated rings. The molecule has 32 heavy (non-hydrogen) atoms. The summed E-state index contributed by atoms with van der Waals surface area (Å²) in [4.78, 5) is 43.2. The van der Waals surface area contributed by atoms with Crippen LogP contribution < -0.4 is 4.90 Å². The van der Waals surface area contributed by atoms with Crippen LogP contribution in [0.2, 0.25) is 0 Å². The fourth-order valence-corrected chi connectivity index (χ4v) is 4.23. The standard InChI is InChI=1S/C25H29N3O4/c1-19(24(30)27-15-13-26(14-16-27)18-20-7-3-2-4-8-20)32-25(31)21-9-5-10-22(17-21)28-12-6-11-23(28)29/h2-5,7-10,17,19H,6,11-16,18H2,1H3. The zero-order chi connectivity index (χ0) is 22.5. The van der Waals surface area contributed by atoms with Gasteiger partial charge < -0.3 is 14.5 Å². The molecule has 0 saturated carbocycles. The molecule has 4 rings (SSSR count). The number of anilines is 1. The van der Waals surface area contributed by atoms with E-state index in [2.05, 4.69) is 17.0 Å². The molecule has 0 aromatic heterocycles. The molecule has 0 bridgehead atoms. The van der Waals surface area contributed by atoms with E-state index in [1.807, 2.05) is 24.3 Å². The molecule has 7 nitrogen and oxygen atoms in total. The Bertz CT molecular complexity index is 970. The Balaban J connectivity index is 1.29. The molecular weight excluding hydrogens is 406 g/mol. The van der Waals surface area contributed by atoms with Crippen molar-refractivity contribution < 1.29 is 19.1 Å². The summed E-state index contributed by atoms with van der Waals surface area (Å²) in [6.07, 6.45) is 0.483. The molecule has 2 amide bonds. The number of rotatable bonds is 6. The first kappa shape index (κ1) is 22.0. The minimum atomic E-state index is -0.861. The maximum atomic E-state index is 12.8. The van der Waals surface area contributed by atoms with Gasteiger partial charge in [0.25, 0.3) is 5.91 Å². The molecule has 2 aromatic carbocycles. The van der Waals surface area contributed by atoms with E-state index in [1.165, 1.54) is 5.56 Å². The average Bonchev–Trinajstić information content (AvgIpc) is 3.25. The highest BCUT2D eigenvalue weighted by atomic mass is 16.5. The van der Waals surface area contributed by atoms with E-state index in [9.17, 15) is 14.4 Å². The van der Waals surface area contributed by atoms with Crippen LogP contribution in [-0.2, 0) is 20.9 Å². The van der Waals surface area contributed by atoms with Gasteiger partial charge in [-0.2, -0.15) is 0 Å². The Morgan fingerprint density at radius 3 is 2.41 bits per heavy atom. The lowest BCUT2D eigenvalue weighted by Crippen LogP contribution is -2.51. The van der Waals surface area contributed by atoms with Crippen molar-refractivity contribution in [2.45, 2.75) is 32.4 Å². The maximum Gasteiger partial charge on any atom is 0.338 e. The fourth-order valence-electron chi connectivity index (χ4n) is 4.23. The summed E-state index contributed by atoms with van der Waals surface area (Å²) < 4.78 is 5.47.